The Labute approximate surface area is 186 Å². The average Bonchev–Trinajstić information content (AvgIpc) is 2.80. The van der Waals surface area contributed by atoms with Gasteiger partial charge in [-0.1, -0.05) is 44.9 Å². The molecule has 5 heteroatoms. The molecule has 170 valence electrons. The first kappa shape index (κ1) is 23.4. The summed E-state index contributed by atoms with van der Waals surface area (Å²) < 4.78 is 10.7. The van der Waals surface area contributed by atoms with Crippen molar-refractivity contribution in [1.82, 2.24) is 0 Å². The summed E-state index contributed by atoms with van der Waals surface area (Å²) in [5, 5.41) is 21.8. The van der Waals surface area contributed by atoms with Gasteiger partial charge in [0.25, 0.3) is 0 Å². The number of unbranched alkanes of at least 4 members (excludes halogenated alkanes) is 2. The molecule has 2 N–H and O–H groups in total. The van der Waals surface area contributed by atoms with Crippen molar-refractivity contribution in [2.45, 2.75) is 63.6 Å². The third kappa shape index (κ3) is 4.99. The van der Waals surface area contributed by atoms with E-state index in [0.717, 1.165) is 24.2 Å². The maximum atomic E-state index is 10.9. The van der Waals surface area contributed by atoms with E-state index in [2.05, 4.69) is 43.0 Å². The van der Waals surface area contributed by atoms with Crippen LogP contribution in [0.3, 0.4) is 0 Å². The quantitative estimate of drug-likeness (QED) is 0.544. The maximum Gasteiger partial charge on any atom is 0.161 e. The van der Waals surface area contributed by atoms with Crippen LogP contribution in [0.5, 0.6) is 11.5 Å². The van der Waals surface area contributed by atoms with E-state index in [1.165, 1.54) is 31.4 Å². The van der Waals surface area contributed by atoms with Gasteiger partial charge in [0.15, 0.2) is 11.5 Å². The lowest BCUT2D eigenvalue weighted by Crippen LogP contribution is -2.51. The standard InChI is InChI=1S/C26H37NO4/c1-5-7-15-27(16-8-6-2)20-12-9-18(10-13-20)23-25(28)24(26(23)29)19-11-14-21(30-3)22(17-19)31-4/h9-14,17,23-26,28-29H,5-8,15-16H2,1-4H3. The van der Waals surface area contributed by atoms with Crippen molar-refractivity contribution < 1.29 is 19.7 Å². The highest BCUT2D eigenvalue weighted by atomic mass is 16.5. The smallest absolute Gasteiger partial charge is 0.161 e. The minimum Gasteiger partial charge on any atom is -0.493 e. The summed E-state index contributed by atoms with van der Waals surface area (Å²) in [5.74, 6) is 0.616. The Hall–Kier alpha value is -2.24. The highest BCUT2D eigenvalue weighted by Crippen LogP contribution is 2.49. The molecule has 2 atom stereocenters. The van der Waals surface area contributed by atoms with Crippen LogP contribution in [0.25, 0.3) is 0 Å². The summed E-state index contributed by atoms with van der Waals surface area (Å²) in [4.78, 5) is 2.44. The molecule has 0 amide bonds. The summed E-state index contributed by atoms with van der Waals surface area (Å²) in [7, 11) is 3.18. The van der Waals surface area contributed by atoms with Crippen LogP contribution in [0.4, 0.5) is 5.69 Å². The zero-order valence-corrected chi connectivity index (χ0v) is 19.3. The lowest BCUT2D eigenvalue weighted by atomic mass is 9.63. The van der Waals surface area contributed by atoms with Gasteiger partial charge in [-0.25, -0.2) is 0 Å². The first-order chi connectivity index (χ1) is 15.0. The predicted molar refractivity (Wildman–Crippen MR) is 126 cm³/mol. The third-order valence-electron chi connectivity index (χ3n) is 6.47. The fourth-order valence-electron chi connectivity index (χ4n) is 4.53. The first-order valence-corrected chi connectivity index (χ1v) is 11.5. The van der Waals surface area contributed by atoms with E-state index >= 15 is 0 Å². The molecule has 0 saturated heterocycles. The normalized spacial score (nSPS) is 22.6. The van der Waals surface area contributed by atoms with Gasteiger partial charge >= 0.3 is 0 Å². The molecule has 2 aromatic carbocycles. The van der Waals surface area contributed by atoms with Gasteiger partial charge in [0, 0.05) is 30.6 Å². The number of methoxy groups -OCH3 is 2. The number of anilines is 1. The van der Waals surface area contributed by atoms with Gasteiger partial charge < -0.3 is 24.6 Å². The molecule has 2 unspecified atom stereocenters. The van der Waals surface area contributed by atoms with E-state index in [-0.39, 0.29) is 11.8 Å². The molecule has 1 aliphatic rings. The van der Waals surface area contributed by atoms with E-state index in [1.54, 1.807) is 14.2 Å². The first-order valence-electron chi connectivity index (χ1n) is 11.5. The minimum absolute atomic E-state index is 0.285. The zero-order chi connectivity index (χ0) is 22.4. The van der Waals surface area contributed by atoms with E-state index in [9.17, 15) is 10.2 Å². The van der Waals surface area contributed by atoms with Crippen LogP contribution in [0.1, 0.15) is 62.5 Å². The van der Waals surface area contributed by atoms with Gasteiger partial charge in [0.05, 0.1) is 26.4 Å². The summed E-state index contributed by atoms with van der Waals surface area (Å²) in [5.41, 5.74) is 3.05. The second-order valence-corrected chi connectivity index (χ2v) is 8.43. The monoisotopic (exact) mass is 427 g/mol. The molecule has 0 spiro atoms. The van der Waals surface area contributed by atoms with E-state index < -0.39 is 12.2 Å². The molecule has 5 nitrogen and oxygen atoms in total. The van der Waals surface area contributed by atoms with Crippen LogP contribution in [0, 0.1) is 0 Å². The molecule has 0 aromatic heterocycles. The van der Waals surface area contributed by atoms with Crippen LogP contribution in [0.15, 0.2) is 42.5 Å². The highest BCUT2D eigenvalue weighted by Gasteiger charge is 2.50. The zero-order valence-electron chi connectivity index (χ0n) is 19.3. The molecule has 31 heavy (non-hydrogen) atoms. The lowest BCUT2D eigenvalue weighted by molar-refractivity contribution is -0.0785. The van der Waals surface area contributed by atoms with Crippen molar-refractivity contribution in [3.8, 4) is 11.5 Å². The molecule has 1 aliphatic carbocycles. The van der Waals surface area contributed by atoms with Crippen LogP contribution >= 0.6 is 0 Å². The van der Waals surface area contributed by atoms with Crippen molar-refractivity contribution in [3.63, 3.8) is 0 Å². The fourth-order valence-corrected chi connectivity index (χ4v) is 4.53. The molecule has 0 heterocycles. The molecule has 1 saturated carbocycles. The van der Waals surface area contributed by atoms with Crippen molar-refractivity contribution in [2.75, 3.05) is 32.2 Å². The second-order valence-electron chi connectivity index (χ2n) is 8.43. The topological polar surface area (TPSA) is 62.2 Å². The Kier molecular flexibility index (Phi) is 8.22. The fraction of sp³-hybridized carbons (Fsp3) is 0.538. The van der Waals surface area contributed by atoms with Crippen LogP contribution in [-0.4, -0.2) is 49.7 Å². The Balaban J connectivity index is 1.73. The van der Waals surface area contributed by atoms with Gasteiger partial charge in [-0.05, 0) is 48.2 Å². The second kappa shape index (κ2) is 10.9. The summed E-state index contributed by atoms with van der Waals surface area (Å²) in [6.07, 6.45) is 3.43. The molecular formula is C26H37NO4. The Morgan fingerprint density at radius 3 is 1.77 bits per heavy atom. The number of benzene rings is 2. The Morgan fingerprint density at radius 1 is 0.742 bits per heavy atom. The number of nitrogens with zero attached hydrogens (tertiary/aromatic N) is 1. The Morgan fingerprint density at radius 2 is 1.26 bits per heavy atom. The SMILES string of the molecule is CCCCN(CCCC)c1ccc(C2C(O)C(c3ccc(OC)c(OC)c3)C2O)cc1. The number of aliphatic hydroxyl groups is 2. The summed E-state index contributed by atoms with van der Waals surface area (Å²) in [6, 6.07) is 13.9. The van der Waals surface area contributed by atoms with Gasteiger partial charge in [0.2, 0.25) is 0 Å². The third-order valence-corrected chi connectivity index (χ3v) is 6.47. The highest BCUT2D eigenvalue weighted by molar-refractivity contribution is 5.50. The van der Waals surface area contributed by atoms with Gasteiger partial charge in [0.1, 0.15) is 0 Å². The number of hydrogen-bond donors (Lipinski definition) is 2. The van der Waals surface area contributed by atoms with E-state index in [0.29, 0.717) is 11.5 Å². The average molecular weight is 428 g/mol. The van der Waals surface area contributed by atoms with Crippen molar-refractivity contribution in [3.05, 3.63) is 53.6 Å². The molecule has 0 aliphatic heterocycles. The summed E-state index contributed by atoms with van der Waals surface area (Å²) in [6.45, 7) is 6.56. The van der Waals surface area contributed by atoms with Crippen LogP contribution < -0.4 is 14.4 Å². The minimum atomic E-state index is -0.643. The van der Waals surface area contributed by atoms with Crippen molar-refractivity contribution >= 4 is 5.69 Å². The molecular weight excluding hydrogens is 390 g/mol. The summed E-state index contributed by atoms with van der Waals surface area (Å²) >= 11 is 0. The van der Waals surface area contributed by atoms with Crippen molar-refractivity contribution in [1.29, 1.82) is 0 Å². The van der Waals surface area contributed by atoms with Gasteiger partial charge in [-0.3, -0.25) is 0 Å². The lowest BCUT2D eigenvalue weighted by Gasteiger charge is -2.47. The van der Waals surface area contributed by atoms with Gasteiger partial charge in [-0.15, -0.1) is 0 Å². The maximum absolute atomic E-state index is 10.9. The number of ether oxygens (including phenoxy) is 2. The number of aliphatic hydroxyl groups excluding tert-OH is 2. The molecule has 3 rings (SSSR count). The van der Waals surface area contributed by atoms with E-state index in [4.69, 9.17) is 9.47 Å². The van der Waals surface area contributed by atoms with Crippen molar-refractivity contribution in [2.24, 2.45) is 0 Å². The molecule has 2 aromatic rings. The Bertz CT molecular complexity index is 805. The molecule has 0 bridgehead atoms. The largest absolute Gasteiger partial charge is 0.493 e. The molecule has 0 radical (unpaired) electrons. The van der Waals surface area contributed by atoms with Gasteiger partial charge in [-0.2, -0.15) is 0 Å². The van der Waals surface area contributed by atoms with E-state index in [1.807, 2.05) is 18.2 Å². The number of hydrogen-bond acceptors (Lipinski definition) is 5. The number of rotatable bonds is 11. The van der Waals surface area contributed by atoms with Crippen LogP contribution in [0.2, 0.25) is 0 Å². The van der Waals surface area contributed by atoms with Crippen LogP contribution in [-0.2, 0) is 0 Å². The predicted octanol–water partition coefficient (Wildman–Crippen LogP) is 4.71. The molecule has 1 fully saturated rings.